The minimum Gasteiger partial charge on any atom is -0.340 e. The molecule has 0 saturated heterocycles. The summed E-state index contributed by atoms with van der Waals surface area (Å²) in [5.74, 6) is -1.13. The van der Waals surface area contributed by atoms with Crippen molar-refractivity contribution in [2.45, 2.75) is 33.7 Å². The molecule has 7 heteroatoms. The normalized spacial score (nSPS) is 11.5. The molecule has 0 fully saturated rings. The van der Waals surface area contributed by atoms with Gasteiger partial charge < -0.3 is 15.5 Å². The summed E-state index contributed by atoms with van der Waals surface area (Å²) in [5.41, 5.74) is 4.09. The average molecular weight is 416 g/mol. The Labute approximate surface area is 176 Å². The van der Waals surface area contributed by atoms with Crippen molar-refractivity contribution >= 4 is 35.0 Å². The first-order valence-corrected chi connectivity index (χ1v) is 9.66. The second-order valence-corrected chi connectivity index (χ2v) is 7.60. The van der Waals surface area contributed by atoms with Gasteiger partial charge in [0.15, 0.2) is 0 Å². The summed E-state index contributed by atoms with van der Waals surface area (Å²) in [5, 5.41) is 5.79. The number of halogens is 1. The van der Waals surface area contributed by atoms with Crippen molar-refractivity contribution in [1.82, 2.24) is 10.2 Å². The summed E-state index contributed by atoms with van der Waals surface area (Å²) >= 11 is 6.02. The highest BCUT2D eigenvalue weighted by molar-refractivity contribution is 6.33. The molecule has 0 heterocycles. The average Bonchev–Trinajstić information content (AvgIpc) is 2.64. The van der Waals surface area contributed by atoms with Crippen LogP contribution in [0.5, 0.6) is 0 Å². The molecule has 154 valence electrons. The minimum absolute atomic E-state index is 0.127. The molecular formula is C22H26ClN3O3. The van der Waals surface area contributed by atoms with Crippen LogP contribution in [0.15, 0.2) is 36.4 Å². The molecular weight excluding hydrogens is 390 g/mol. The Hall–Kier alpha value is -2.86. The van der Waals surface area contributed by atoms with Crippen molar-refractivity contribution in [2.24, 2.45) is 0 Å². The van der Waals surface area contributed by atoms with Crippen LogP contribution in [-0.2, 0) is 9.59 Å². The van der Waals surface area contributed by atoms with Crippen molar-refractivity contribution < 1.29 is 14.4 Å². The highest BCUT2D eigenvalue weighted by Gasteiger charge is 2.22. The van der Waals surface area contributed by atoms with E-state index in [1.54, 1.807) is 31.2 Å². The van der Waals surface area contributed by atoms with E-state index in [0.29, 0.717) is 10.6 Å². The maximum Gasteiger partial charge on any atom is 0.253 e. The number of carbonyl (C=O) groups excluding carboxylic acids is 3. The van der Waals surface area contributed by atoms with Gasteiger partial charge in [0.2, 0.25) is 11.8 Å². The largest absolute Gasteiger partial charge is 0.340 e. The molecule has 0 aliphatic carbocycles. The summed E-state index contributed by atoms with van der Waals surface area (Å²) in [6.45, 7) is 7.29. The molecule has 2 N–H and O–H groups in total. The van der Waals surface area contributed by atoms with Gasteiger partial charge in [-0.05, 0) is 51.0 Å². The topological polar surface area (TPSA) is 78.5 Å². The van der Waals surface area contributed by atoms with Crippen LogP contribution in [0.3, 0.4) is 0 Å². The Morgan fingerprint density at radius 1 is 1.07 bits per heavy atom. The van der Waals surface area contributed by atoms with E-state index in [9.17, 15) is 14.4 Å². The highest BCUT2D eigenvalue weighted by atomic mass is 35.5. The Kier molecular flexibility index (Phi) is 7.40. The number of hydrogen-bond donors (Lipinski definition) is 2. The third-order valence-electron chi connectivity index (χ3n) is 4.53. The number of nitrogens with zero attached hydrogens (tertiary/aromatic N) is 1. The second-order valence-electron chi connectivity index (χ2n) is 7.19. The predicted octanol–water partition coefficient (Wildman–Crippen LogP) is 3.48. The summed E-state index contributed by atoms with van der Waals surface area (Å²) in [4.78, 5) is 38.6. The van der Waals surface area contributed by atoms with Crippen molar-refractivity contribution in [2.75, 3.05) is 18.9 Å². The smallest absolute Gasteiger partial charge is 0.253 e. The third kappa shape index (κ3) is 5.81. The summed E-state index contributed by atoms with van der Waals surface area (Å²) in [6.07, 6.45) is 0. The lowest BCUT2D eigenvalue weighted by molar-refractivity contribution is -0.134. The van der Waals surface area contributed by atoms with E-state index in [2.05, 4.69) is 10.6 Å². The minimum atomic E-state index is -0.806. The van der Waals surface area contributed by atoms with Crippen LogP contribution in [0.2, 0.25) is 5.02 Å². The van der Waals surface area contributed by atoms with Crippen LogP contribution in [0.1, 0.15) is 34.0 Å². The Bertz CT molecular complexity index is 920. The molecule has 0 bridgehead atoms. The van der Waals surface area contributed by atoms with Crippen LogP contribution in [0.25, 0.3) is 0 Å². The van der Waals surface area contributed by atoms with Crippen molar-refractivity contribution in [1.29, 1.82) is 0 Å². The number of likely N-dealkylation sites (N-methyl/N-ethyl adjacent to an activating group) is 1. The van der Waals surface area contributed by atoms with Gasteiger partial charge in [-0.15, -0.1) is 0 Å². The third-order valence-corrected chi connectivity index (χ3v) is 4.86. The zero-order valence-electron chi connectivity index (χ0n) is 17.3. The monoisotopic (exact) mass is 415 g/mol. The Balaban J connectivity index is 1.96. The number of benzene rings is 2. The lowest BCUT2D eigenvalue weighted by atomic mass is 10.1. The Morgan fingerprint density at radius 3 is 2.24 bits per heavy atom. The van der Waals surface area contributed by atoms with E-state index in [1.165, 1.54) is 11.9 Å². The van der Waals surface area contributed by atoms with E-state index in [1.807, 2.05) is 32.9 Å². The summed E-state index contributed by atoms with van der Waals surface area (Å²) < 4.78 is 0. The molecule has 1 unspecified atom stereocenters. The van der Waals surface area contributed by atoms with Crippen LogP contribution in [0.4, 0.5) is 5.69 Å². The fraction of sp³-hybridized carbons (Fsp3) is 0.318. The molecule has 2 rings (SSSR count). The molecule has 0 saturated carbocycles. The predicted molar refractivity (Wildman–Crippen MR) is 115 cm³/mol. The lowest BCUT2D eigenvalue weighted by Crippen LogP contribution is -2.47. The number of anilines is 1. The number of rotatable bonds is 6. The molecule has 0 spiro atoms. The van der Waals surface area contributed by atoms with E-state index in [-0.39, 0.29) is 18.4 Å². The van der Waals surface area contributed by atoms with Gasteiger partial charge in [-0.25, -0.2) is 0 Å². The highest BCUT2D eigenvalue weighted by Crippen LogP contribution is 2.21. The van der Waals surface area contributed by atoms with Crippen LogP contribution >= 0.6 is 11.6 Å². The van der Waals surface area contributed by atoms with Crippen molar-refractivity contribution in [3.63, 3.8) is 0 Å². The maximum absolute atomic E-state index is 12.6. The summed E-state index contributed by atoms with van der Waals surface area (Å²) in [6, 6.07) is 9.77. The molecule has 3 amide bonds. The number of aryl methyl sites for hydroxylation is 3. The molecule has 0 aliphatic rings. The van der Waals surface area contributed by atoms with E-state index in [0.717, 1.165) is 22.4 Å². The van der Waals surface area contributed by atoms with Gasteiger partial charge in [0, 0.05) is 12.7 Å². The number of carbonyl (C=O) groups is 3. The zero-order chi connectivity index (χ0) is 21.7. The SMILES string of the molecule is Cc1cc(C)c(NC(=O)CN(C)C(=O)C(C)NC(=O)c2ccccc2Cl)c(C)c1. The first-order chi connectivity index (χ1) is 13.6. The van der Waals surface area contributed by atoms with Gasteiger partial charge in [0.25, 0.3) is 5.91 Å². The van der Waals surface area contributed by atoms with Gasteiger partial charge in [0.05, 0.1) is 17.1 Å². The van der Waals surface area contributed by atoms with Crippen LogP contribution < -0.4 is 10.6 Å². The van der Waals surface area contributed by atoms with E-state index < -0.39 is 11.9 Å². The standard InChI is InChI=1S/C22H26ClN3O3/c1-13-10-14(2)20(15(3)11-13)25-19(27)12-26(5)22(29)16(4)24-21(28)17-8-6-7-9-18(17)23/h6-11,16H,12H2,1-5H3,(H,24,28)(H,25,27). The molecule has 2 aromatic carbocycles. The number of hydrogen-bond acceptors (Lipinski definition) is 3. The molecule has 0 radical (unpaired) electrons. The fourth-order valence-corrected chi connectivity index (χ4v) is 3.38. The van der Waals surface area contributed by atoms with Gasteiger partial charge in [-0.1, -0.05) is 41.4 Å². The molecule has 6 nitrogen and oxygen atoms in total. The van der Waals surface area contributed by atoms with Gasteiger partial charge in [-0.3, -0.25) is 14.4 Å². The lowest BCUT2D eigenvalue weighted by Gasteiger charge is -2.22. The molecule has 1 atom stereocenters. The molecule has 29 heavy (non-hydrogen) atoms. The molecule has 2 aromatic rings. The molecule has 0 aliphatic heterocycles. The van der Waals surface area contributed by atoms with Crippen LogP contribution in [0, 0.1) is 20.8 Å². The second kappa shape index (κ2) is 9.56. The first-order valence-electron chi connectivity index (χ1n) is 9.28. The maximum atomic E-state index is 12.6. The molecule has 0 aromatic heterocycles. The number of nitrogens with one attached hydrogen (secondary N) is 2. The van der Waals surface area contributed by atoms with E-state index >= 15 is 0 Å². The van der Waals surface area contributed by atoms with Crippen molar-refractivity contribution in [3.05, 3.63) is 63.7 Å². The summed E-state index contributed by atoms with van der Waals surface area (Å²) in [7, 11) is 1.52. The zero-order valence-corrected chi connectivity index (χ0v) is 18.1. The van der Waals surface area contributed by atoms with Crippen molar-refractivity contribution in [3.8, 4) is 0 Å². The van der Waals surface area contributed by atoms with Gasteiger partial charge >= 0.3 is 0 Å². The quantitative estimate of drug-likeness (QED) is 0.758. The number of amides is 3. The Morgan fingerprint density at radius 2 is 1.66 bits per heavy atom. The van der Waals surface area contributed by atoms with Crippen LogP contribution in [-0.4, -0.2) is 42.3 Å². The van der Waals surface area contributed by atoms with E-state index in [4.69, 9.17) is 11.6 Å². The van der Waals surface area contributed by atoms with Gasteiger partial charge in [0.1, 0.15) is 6.04 Å². The van der Waals surface area contributed by atoms with Gasteiger partial charge in [-0.2, -0.15) is 0 Å². The fourth-order valence-electron chi connectivity index (χ4n) is 3.16. The first kappa shape index (κ1) is 22.4.